The van der Waals surface area contributed by atoms with E-state index < -0.39 is 9.84 Å². The Kier molecular flexibility index (Phi) is 2.41. The molecule has 1 aliphatic rings. The maximum Gasteiger partial charge on any atom is 0.217 e. The average Bonchev–Trinajstić information content (AvgIpc) is 2.03. The fourth-order valence-corrected chi connectivity index (χ4v) is 3.60. The van der Waals surface area contributed by atoms with Gasteiger partial charge in [-0.05, 0) is 5.92 Å². The molecule has 1 heterocycles. The second kappa shape index (κ2) is 3.05. The van der Waals surface area contributed by atoms with Crippen LogP contribution in [0.25, 0.3) is 0 Å². The SMILES string of the molecule is CC(=O)N[C@@H]1CS(=O)(=O)C[C@@H]1C. The lowest BCUT2D eigenvalue weighted by atomic mass is 10.1. The largest absolute Gasteiger partial charge is 0.352 e. The lowest BCUT2D eigenvalue weighted by Crippen LogP contribution is -2.37. The summed E-state index contributed by atoms with van der Waals surface area (Å²) in [5.74, 6) is 0.161. The molecule has 12 heavy (non-hydrogen) atoms. The number of amides is 1. The Hall–Kier alpha value is -0.580. The van der Waals surface area contributed by atoms with Crippen molar-refractivity contribution in [2.45, 2.75) is 19.9 Å². The summed E-state index contributed by atoms with van der Waals surface area (Å²) in [6, 6.07) is -0.188. The molecule has 0 saturated carbocycles. The molecule has 0 unspecified atom stereocenters. The Morgan fingerprint density at radius 3 is 2.33 bits per heavy atom. The summed E-state index contributed by atoms with van der Waals surface area (Å²) in [4.78, 5) is 10.7. The quantitative estimate of drug-likeness (QED) is 0.611. The van der Waals surface area contributed by atoms with Crippen LogP contribution in [-0.2, 0) is 14.6 Å². The molecule has 70 valence electrons. The van der Waals surface area contributed by atoms with Crippen molar-refractivity contribution in [3.63, 3.8) is 0 Å². The number of hydrogen-bond donors (Lipinski definition) is 1. The van der Waals surface area contributed by atoms with Gasteiger partial charge in [0.25, 0.3) is 0 Å². The first-order valence-electron chi connectivity index (χ1n) is 3.88. The van der Waals surface area contributed by atoms with Gasteiger partial charge in [-0.25, -0.2) is 8.42 Å². The second-order valence-corrected chi connectivity index (χ2v) is 5.52. The number of nitrogens with one attached hydrogen (secondary N) is 1. The molecule has 0 aromatic heterocycles. The van der Waals surface area contributed by atoms with Crippen molar-refractivity contribution >= 4 is 15.7 Å². The standard InChI is InChI=1S/C7H13NO3S/c1-5-3-12(10,11)4-7(5)8-6(2)9/h5,7H,3-4H2,1-2H3,(H,8,9)/t5-,7+/m0/s1. The minimum atomic E-state index is -2.90. The number of rotatable bonds is 1. The van der Waals surface area contributed by atoms with Crippen LogP contribution in [0.5, 0.6) is 0 Å². The van der Waals surface area contributed by atoms with Crippen LogP contribution in [0.15, 0.2) is 0 Å². The summed E-state index contributed by atoms with van der Waals surface area (Å²) in [6.45, 7) is 3.24. The number of sulfone groups is 1. The van der Waals surface area contributed by atoms with Crippen molar-refractivity contribution in [3.05, 3.63) is 0 Å². The van der Waals surface area contributed by atoms with Crippen molar-refractivity contribution < 1.29 is 13.2 Å². The summed E-state index contributed by atoms with van der Waals surface area (Å²) in [6.07, 6.45) is 0. The fourth-order valence-electron chi connectivity index (χ4n) is 1.47. The highest BCUT2D eigenvalue weighted by molar-refractivity contribution is 7.91. The first kappa shape index (κ1) is 9.51. The van der Waals surface area contributed by atoms with Crippen molar-refractivity contribution in [3.8, 4) is 0 Å². The Labute approximate surface area is 72.3 Å². The summed E-state index contributed by atoms with van der Waals surface area (Å²) < 4.78 is 22.2. The Morgan fingerprint density at radius 2 is 2.00 bits per heavy atom. The fraction of sp³-hybridized carbons (Fsp3) is 0.857. The van der Waals surface area contributed by atoms with Crippen LogP contribution in [0.1, 0.15) is 13.8 Å². The highest BCUT2D eigenvalue weighted by Gasteiger charge is 2.34. The van der Waals surface area contributed by atoms with Gasteiger partial charge in [0, 0.05) is 13.0 Å². The third-order valence-corrected chi connectivity index (χ3v) is 3.93. The number of carbonyl (C=O) groups is 1. The van der Waals surface area contributed by atoms with Gasteiger partial charge in [-0.1, -0.05) is 6.92 Å². The Balaban J connectivity index is 2.64. The van der Waals surface area contributed by atoms with Gasteiger partial charge in [-0.3, -0.25) is 4.79 Å². The summed E-state index contributed by atoms with van der Waals surface area (Å²) in [7, 11) is -2.90. The predicted octanol–water partition coefficient (Wildman–Crippen LogP) is -0.444. The molecule has 0 spiro atoms. The first-order chi connectivity index (χ1) is 5.41. The molecular formula is C7H13NO3S. The van der Waals surface area contributed by atoms with Crippen LogP contribution >= 0.6 is 0 Å². The second-order valence-electron chi connectivity index (χ2n) is 3.36. The van der Waals surface area contributed by atoms with E-state index in [1.165, 1.54) is 6.92 Å². The monoisotopic (exact) mass is 191 g/mol. The highest BCUT2D eigenvalue weighted by atomic mass is 32.2. The van der Waals surface area contributed by atoms with Gasteiger partial charge in [0.2, 0.25) is 5.91 Å². The van der Waals surface area contributed by atoms with E-state index in [1.807, 2.05) is 6.92 Å². The van der Waals surface area contributed by atoms with Crippen molar-refractivity contribution in [1.82, 2.24) is 5.32 Å². The van der Waals surface area contributed by atoms with Crippen molar-refractivity contribution in [2.75, 3.05) is 11.5 Å². The molecule has 1 aliphatic heterocycles. The van der Waals surface area contributed by atoms with E-state index in [0.717, 1.165) is 0 Å². The molecule has 4 nitrogen and oxygen atoms in total. The maximum absolute atomic E-state index is 11.1. The van der Waals surface area contributed by atoms with Crippen molar-refractivity contribution in [1.29, 1.82) is 0 Å². The number of carbonyl (C=O) groups excluding carboxylic acids is 1. The molecule has 0 bridgehead atoms. The highest BCUT2D eigenvalue weighted by Crippen LogP contribution is 2.18. The van der Waals surface area contributed by atoms with Crippen molar-refractivity contribution in [2.24, 2.45) is 5.92 Å². The van der Waals surface area contributed by atoms with Crippen LogP contribution in [0.3, 0.4) is 0 Å². The van der Waals surface area contributed by atoms with Crippen LogP contribution in [-0.4, -0.2) is 31.9 Å². The van der Waals surface area contributed by atoms with Gasteiger partial charge in [-0.2, -0.15) is 0 Å². The molecule has 5 heteroatoms. The first-order valence-corrected chi connectivity index (χ1v) is 5.70. The Morgan fingerprint density at radius 1 is 1.42 bits per heavy atom. The molecule has 1 fully saturated rings. The molecule has 1 saturated heterocycles. The van der Waals surface area contributed by atoms with Gasteiger partial charge in [0.05, 0.1) is 11.5 Å². The lowest BCUT2D eigenvalue weighted by molar-refractivity contribution is -0.119. The molecule has 0 aromatic carbocycles. The zero-order valence-electron chi connectivity index (χ0n) is 7.20. The molecule has 0 aliphatic carbocycles. The Bertz CT molecular complexity index is 283. The lowest BCUT2D eigenvalue weighted by Gasteiger charge is -2.13. The van der Waals surface area contributed by atoms with Gasteiger partial charge in [0.1, 0.15) is 0 Å². The molecule has 2 atom stereocenters. The summed E-state index contributed by atoms with van der Waals surface area (Å²) in [5.41, 5.74) is 0. The molecule has 0 aromatic rings. The van der Waals surface area contributed by atoms with E-state index in [0.29, 0.717) is 0 Å². The average molecular weight is 191 g/mol. The smallest absolute Gasteiger partial charge is 0.217 e. The molecular weight excluding hydrogens is 178 g/mol. The van der Waals surface area contributed by atoms with Gasteiger partial charge in [-0.15, -0.1) is 0 Å². The maximum atomic E-state index is 11.1. The minimum Gasteiger partial charge on any atom is -0.352 e. The van der Waals surface area contributed by atoms with E-state index in [1.54, 1.807) is 0 Å². The van der Waals surface area contributed by atoms with Gasteiger partial charge in [0.15, 0.2) is 9.84 Å². The van der Waals surface area contributed by atoms with Gasteiger partial charge < -0.3 is 5.32 Å². The van der Waals surface area contributed by atoms with E-state index in [4.69, 9.17) is 0 Å². The third-order valence-electron chi connectivity index (χ3n) is 2.03. The van der Waals surface area contributed by atoms with Crippen LogP contribution in [0.2, 0.25) is 0 Å². The van der Waals surface area contributed by atoms with Crippen LogP contribution in [0.4, 0.5) is 0 Å². The van der Waals surface area contributed by atoms with E-state index >= 15 is 0 Å². The molecule has 1 rings (SSSR count). The zero-order valence-corrected chi connectivity index (χ0v) is 8.02. The van der Waals surface area contributed by atoms with E-state index in [9.17, 15) is 13.2 Å². The topological polar surface area (TPSA) is 63.2 Å². The molecule has 1 N–H and O–H groups in total. The van der Waals surface area contributed by atoms with E-state index in [-0.39, 0.29) is 29.4 Å². The number of hydrogen-bond acceptors (Lipinski definition) is 3. The van der Waals surface area contributed by atoms with Gasteiger partial charge >= 0.3 is 0 Å². The summed E-state index contributed by atoms with van der Waals surface area (Å²) >= 11 is 0. The third kappa shape index (κ3) is 2.20. The summed E-state index contributed by atoms with van der Waals surface area (Å²) in [5, 5.41) is 2.63. The molecule has 1 amide bonds. The van der Waals surface area contributed by atoms with Crippen LogP contribution in [0, 0.1) is 5.92 Å². The zero-order chi connectivity index (χ0) is 9.35. The predicted molar refractivity (Wildman–Crippen MR) is 45.4 cm³/mol. The van der Waals surface area contributed by atoms with Crippen LogP contribution < -0.4 is 5.32 Å². The normalized spacial score (nSPS) is 33.2. The minimum absolute atomic E-state index is 0.0406. The molecule has 0 radical (unpaired) electrons. The van der Waals surface area contributed by atoms with E-state index in [2.05, 4.69) is 5.32 Å².